The quantitative estimate of drug-likeness (QED) is 0.808. The summed E-state index contributed by atoms with van der Waals surface area (Å²) < 4.78 is 5.30. The minimum Gasteiger partial charge on any atom is -0.378 e. The minimum absolute atomic E-state index is 0.151. The number of carbonyl (C=O) groups is 1. The van der Waals surface area contributed by atoms with Gasteiger partial charge in [0.25, 0.3) is 0 Å². The van der Waals surface area contributed by atoms with Crippen molar-refractivity contribution in [1.29, 1.82) is 0 Å². The van der Waals surface area contributed by atoms with Crippen LogP contribution in [0.15, 0.2) is 12.1 Å². The number of nitrogens with zero attached hydrogens (tertiary/aromatic N) is 4. The third kappa shape index (κ3) is 3.32. The molecular weight excluding hydrogens is 268 g/mol. The Morgan fingerprint density at radius 1 is 1.14 bits per heavy atom. The lowest BCUT2D eigenvalue weighted by Crippen LogP contribution is -2.47. The molecule has 0 bridgehead atoms. The van der Waals surface area contributed by atoms with Crippen LogP contribution in [0.4, 0.5) is 5.82 Å². The van der Waals surface area contributed by atoms with E-state index in [1.54, 1.807) is 0 Å². The Kier molecular flexibility index (Phi) is 4.34. The molecule has 2 aliphatic rings. The number of piperidine rings is 1. The predicted molar refractivity (Wildman–Crippen MR) is 79.1 cm³/mol. The smallest absolute Gasteiger partial charge is 0.225 e. The van der Waals surface area contributed by atoms with Gasteiger partial charge in [0.1, 0.15) is 0 Å². The zero-order valence-corrected chi connectivity index (χ0v) is 12.5. The summed E-state index contributed by atoms with van der Waals surface area (Å²) in [6.07, 6.45) is 1.79. The molecule has 0 atom stereocenters. The van der Waals surface area contributed by atoms with E-state index in [2.05, 4.69) is 15.1 Å². The van der Waals surface area contributed by atoms with Crippen molar-refractivity contribution in [1.82, 2.24) is 15.1 Å². The fourth-order valence-electron chi connectivity index (χ4n) is 2.96. The third-order valence-electron chi connectivity index (χ3n) is 4.27. The first-order valence-electron chi connectivity index (χ1n) is 7.66. The minimum atomic E-state index is 0.151. The fourth-order valence-corrected chi connectivity index (χ4v) is 2.96. The van der Waals surface area contributed by atoms with E-state index < -0.39 is 0 Å². The second-order valence-electron chi connectivity index (χ2n) is 5.73. The Morgan fingerprint density at radius 3 is 2.48 bits per heavy atom. The van der Waals surface area contributed by atoms with Crippen LogP contribution < -0.4 is 4.90 Å². The Balaban J connectivity index is 1.54. The largest absolute Gasteiger partial charge is 0.378 e. The molecule has 0 aliphatic carbocycles. The fraction of sp³-hybridized carbons (Fsp3) is 0.667. The van der Waals surface area contributed by atoms with Gasteiger partial charge in [-0.25, -0.2) is 0 Å². The normalized spacial score (nSPS) is 20.6. The summed E-state index contributed by atoms with van der Waals surface area (Å²) in [5.74, 6) is 1.36. The molecule has 2 aliphatic heterocycles. The first-order valence-corrected chi connectivity index (χ1v) is 7.66. The molecule has 6 nitrogen and oxygen atoms in total. The molecule has 21 heavy (non-hydrogen) atoms. The van der Waals surface area contributed by atoms with E-state index in [0.29, 0.717) is 19.1 Å². The summed E-state index contributed by atoms with van der Waals surface area (Å²) in [6, 6.07) is 3.99. The monoisotopic (exact) mass is 290 g/mol. The average Bonchev–Trinajstić information content (AvgIpc) is 2.56. The van der Waals surface area contributed by atoms with Gasteiger partial charge in [0.2, 0.25) is 5.91 Å². The van der Waals surface area contributed by atoms with Crippen LogP contribution in [-0.4, -0.2) is 60.4 Å². The van der Waals surface area contributed by atoms with Gasteiger partial charge in [-0.15, -0.1) is 5.10 Å². The van der Waals surface area contributed by atoms with Gasteiger partial charge in [-0.3, -0.25) is 4.79 Å². The maximum atomic E-state index is 12.5. The number of hydrogen-bond donors (Lipinski definition) is 0. The first kappa shape index (κ1) is 14.3. The Hall–Kier alpha value is -1.69. The van der Waals surface area contributed by atoms with Crippen LogP contribution in [-0.2, 0) is 9.53 Å². The summed E-state index contributed by atoms with van der Waals surface area (Å²) in [4.78, 5) is 16.6. The van der Waals surface area contributed by atoms with Gasteiger partial charge in [0.05, 0.1) is 18.9 Å². The van der Waals surface area contributed by atoms with Gasteiger partial charge in [0, 0.05) is 32.1 Å². The van der Waals surface area contributed by atoms with Crippen molar-refractivity contribution in [3.05, 3.63) is 17.8 Å². The molecule has 2 fully saturated rings. The lowest BCUT2D eigenvalue weighted by Gasteiger charge is -2.35. The van der Waals surface area contributed by atoms with E-state index in [0.717, 1.165) is 50.5 Å². The SMILES string of the molecule is Cc1ccc(N2CCC(C(=O)N3CCOCC3)CC2)nn1. The van der Waals surface area contributed by atoms with Gasteiger partial charge in [-0.05, 0) is 31.9 Å². The number of amides is 1. The molecule has 0 radical (unpaired) electrons. The Bertz CT molecular complexity index is 477. The molecule has 3 heterocycles. The van der Waals surface area contributed by atoms with Crippen molar-refractivity contribution in [3.63, 3.8) is 0 Å². The number of aryl methyl sites for hydroxylation is 1. The number of morpholine rings is 1. The van der Waals surface area contributed by atoms with Gasteiger partial charge in [0.15, 0.2) is 5.82 Å². The average molecular weight is 290 g/mol. The summed E-state index contributed by atoms with van der Waals surface area (Å²) in [5, 5.41) is 8.33. The van der Waals surface area contributed by atoms with Crippen LogP contribution in [0.1, 0.15) is 18.5 Å². The van der Waals surface area contributed by atoms with E-state index in [1.807, 2.05) is 24.0 Å². The second-order valence-corrected chi connectivity index (χ2v) is 5.73. The number of hydrogen-bond acceptors (Lipinski definition) is 5. The Labute approximate surface area is 125 Å². The molecule has 2 saturated heterocycles. The lowest BCUT2D eigenvalue weighted by molar-refractivity contribution is -0.140. The lowest BCUT2D eigenvalue weighted by atomic mass is 9.95. The summed E-state index contributed by atoms with van der Waals surface area (Å²) in [6.45, 7) is 6.50. The van der Waals surface area contributed by atoms with E-state index in [-0.39, 0.29) is 5.92 Å². The molecule has 0 spiro atoms. The van der Waals surface area contributed by atoms with Gasteiger partial charge in [-0.1, -0.05) is 0 Å². The van der Waals surface area contributed by atoms with Crippen molar-refractivity contribution in [3.8, 4) is 0 Å². The highest BCUT2D eigenvalue weighted by Crippen LogP contribution is 2.23. The molecular formula is C15H22N4O2. The van der Waals surface area contributed by atoms with Crippen LogP contribution >= 0.6 is 0 Å². The summed E-state index contributed by atoms with van der Waals surface area (Å²) in [7, 11) is 0. The Morgan fingerprint density at radius 2 is 1.86 bits per heavy atom. The molecule has 114 valence electrons. The maximum Gasteiger partial charge on any atom is 0.225 e. The van der Waals surface area contributed by atoms with E-state index in [9.17, 15) is 4.79 Å². The number of anilines is 1. The van der Waals surface area contributed by atoms with E-state index >= 15 is 0 Å². The summed E-state index contributed by atoms with van der Waals surface area (Å²) in [5.41, 5.74) is 0.927. The standard InChI is InChI=1S/C15H22N4O2/c1-12-2-3-14(17-16-12)18-6-4-13(5-7-18)15(20)19-8-10-21-11-9-19/h2-3,13H,4-11H2,1H3. The van der Waals surface area contributed by atoms with Crippen molar-refractivity contribution in [2.75, 3.05) is 44.3 Å². The number of rotatable bonds is 2. The number of carbonyl (C=O) groups excluding carboxylic acids is 1. The predicted octanol–water partition coefficient (Wildman–Crippen LogP) is 0.860. The zero-order chi connectivity index (χ0) is 14.7. The molecule has 1 aromatic heterocycles. The van der Waals surface area contributed by atoms with Crippen molar-refractivity contribution >= 4 is 11.7 Å². The highest BCUT2D eigenvalue weighted by Gasteiger charge is 2.29. The van der Waals surface area contributed by atoms with Crippen molar-refractivity contribution in [2.24, 2.45) is 5.92 Å². The topological polar surface area (TPSA) is 58.6 Å². The van der Waals surface area contributed by atoms with Gasteiger partial charge in [-0.2, -0.15) is 5.10 Å². The van der Waals surface area contributed by atoms with E-state index in [1.165, 1.54) is 0 Å². The molecule has 0 unspecified atom stereocenters. The van der Waals surface area contributed by atoms with Crippen molar-refractivity contribution < 1.29 is 9.53 Å². The summed E-state index contributed by atoms with van der Waals surface area (Å²) >= 11 is 0. The van der Waals surface area contributed by atoms with Gasteiger partial charge < -0.3 is 14.5 Å². The van der Waals surface area contributed by atoms with Crippen LogP contribution in [0.25, 0.3) is 0 Å². The van der Waals surface area contributed by atoms with Crippen LogP contribution in [0.2, 0.25) is 0 Å². The number of aromatic nitrogens is 2. The molecule has 0 aromatic carbocycles. The van der Waals surface area contributed by atoms with Crippen LogP contribution in [0.3, 0.4) is 0 Å². The molecule has 0 N–H and O–H groups in total. The van der Waals surface area contributed by atoms with Gasteiger partial charge >= 0.3 is 0 Å². The number of ether oxygens (including phenoxy) is 1. The van der Waals surface area contributed by atoms with Crippen LogP contribution in [0, 0.1) is 12.8 Å². The molecule has 3 rings (SSSR count). The first-order chi connectivity index (χ1) is 10.2. The second kappa shape index (κ2) is 6.39. The highest BCUT2D eigenvalue weighted by atomic mass is 16.5. The molecule has 6 heteroatoms. The van der Waals surface area contributed by atoms with E-state index in [4.69, 9.17) is 4.74 Å². The maximum absolute atomic E-state index is 12.5. The van der Waals surface area contributed by atoms with Crippen LogP contribution in [0.5, 0.6) is 0 Å². The van der Waals surface area contributed by atoms with Crippen molar-refractivity contribution in [2.45, 2.75) is 19.8 Å². The molecule has 1 aromatic rings. The molecule has 1 amide bonds. The zero-order valence-electron chi connectivity index (χ0n) is 12.5. The third-order valence-corrected chi connectivity index (χ3v) is 4.27. The highest BCUT2D eigenvalue weighted by molar-refractivity contribution is 5.79. The molecule has 0 saturated carbocycles.